The minimum Gasteiger partial charge on any atom is -0.219 e. The molecule has 1 aliphatic carbocycles. The molecule has 0 radical (unpaired) electrons. The van der Waals surface area contributed by atoms with Crippen molar-refractivity contribution in [3.8, 4) is 0 Å². The largest absolute Gasteiger partial charge is 0.252 e. The zero-order valence-electron chi connectivity index (χ0n) is 10.4. The van der Waals surface area contributed by atoms with Crippen molar-refractivity contribution < 1.29 is 8.42 Å². The topological polar surface area (TPSA) is 89.2 Å². The van der Waals surface area contributed by atoms with E-state index >= 15 is 0 Å². The van der Waals surface area contributed by atoms with E-state index in [1.807, 2.05) is 6.20 Å². The molecule has 0 bridgehead atoms. The maximum atomic E-state index is 11.6. The number of hydrogen-bond acceptors (Lipinski definition) is 5. The second-order valence-electron chi connectivity index (χ2n) is 4.71. The first-order valence-corrected chi connectivity index (χ1v) is 7.82. The van der Waals surface area contributed by atoms with E-state index in [9.17, 15) is 8.42 Å². The predicted molar refractivity (Wildman–Crippen MR) is 69.0 cm³/mol. The average Bonchev–Trinajstić information content (AvgIpc) is 3.15. The Morgan fingerprint density at radius 2 is 2.21 bits per heavy atom. The van der Waals surface area contributed by atoms with Crippen molar-refractivity contribution in [2.45, 2.75) is 30.9 Å². The second kappa shape index (κ2) is 4.86. The normalized spacial score (nSPS) is 16.0. The summed E-state index contributed by atoms with van der Waals surface area (Å²) >= 11 is 0. The molecule has 1 fully saturated rings. The van der Waals surface area contributed by atoms with E-state index in [2.05, 4.69) is 19.8 Å². The number of hydrogen-bond donors (Lipinski definition) is 1. The van der Waals surface area contributed by atoms with Crippen molar-refractivity contribution in [3.05, 3.63) is 24.3 Å². The molecule has 102 valence electrons. The van der Waals surface area contributed by atoms with Crippen LogP contribution < -0.4 is 4.72 Å². The van der Waals surface area contributed by atoms with Crippen molar-refractivity contribution in [2.24, 2.45) is 0 Å². The van der Waals surface area contributed by atoms with Crippen LogP contribution in [0, 0.1) is 0 Å². The molecule has 7 nitrogen and oxygen atoms in total. The number of aryl methyl sites for hydroxylation is 1. The van der Waals surface area contributed by atoms with E-state index < -0.39 is 10.0 Å². The van der Waals surface area contributed by atoms with Crippen LogP contribution in [0.1, 0.15) is 24.8 Å². The van der Waals surface area contributed by atoms with Crippen molar-refractivity contribution in [1.82, 2.24) is 24.3 Å². The molecule has 0 saturated heterocycles. The van der Waals surface area contributed by atoms with Crippen LogP contribution in [0.15, 0.2) is 18.7 Å². The Bertz CT molecular complexity index is 677. The van der Waals surface area contributed by atoms with Gasteiger partial charge in [-0.3, -0.25) is 0 Å². The Kier molecular flexibility index (Phi) is 3.19. The molecular formula is C11H15N5O2S. The van der Waals surface area contributed by atoms with Crippen molar-refractivity contribution >= 4 is 15.8 Å². The van der Waals surface area contributed by atoms with Gasteiger partial charge in [0.1, 0.15) is 6.33 Å². The highest BCUT2D eigenvalue weighted by Crippen LogP contribution is 2.27. The molecule has 19 heavy (non-hydrogen) atoms. The lowest BCUT2D eigenvalue weighted by molar-refractivity contribution is 0.577. The molecule has 0 aromatic carbocycles. The molecule has 0 amide bonds. The first kappa shape index (κ1) is 12.5. The van der Waals surface area contributed by atoms with E-state index in [-0.39, 0.29) is 5.25 Å². The van der Waals surface area contributed by atoms with E-state index in [4.69, 9.17) is 0 Å². The Labute approximate surface area is 111 Å². The van der Waals surface area contributed by atoms with E-state index in [0.29, 0.717) is 12.3 Å². The number of fused-ring (bicyclic) bond motifs is 1. The fourth-order valence-electron chi connectivity index (χ4n) is 1.89. The lowest BCUT2D eigenvalue weighted by Gasteiger charge is -2.05. The van der Waals surface area contributed by atoms with Gasteiger partial charge in [0.15, 0.2) is 0 Å². The highest BCUT2D eigenvalue weighted by Gasteiger charge is 2.34. The first-order chi connectivity index (χ1) is 9.15. The number of nitrogens with zero attached hydrogens (tertiary/aromatic N) is 4. The van der Waals surface area contributed by atoms with Crippen LogP contribution in [-0.4, -0.2) is 39.8 Å². The number of rotatable bonds is 6. The van der Waals surface area contributed by atoms with Crippen LogP contribution in [0.25, 0.3) is 5.78 Å². The van der Waals surface area contributed by atoms with Crippen LogP contribution in [0.5, 0.6) is 0 Å². The highest BCUT2D eigenvalue weighted by atomic mass is 32.2. The van der Waals surface area contributed by atoms with Gasteiger partial charge in [0.25, 0.3) is 5.78 Å². The van der Waals surface area contributed by atoms with E-state index in [0.717, 1.165) is 31.2 Å². The maximum absolute atomic E-state index is 11.6. The molecule has 1 N–H and O–H groups in total. The summed E-state index contributed by atoms with van der Waals surface area (Å²) in [7, 11) is -3.06. The summed E-state index contributed by atoms with van der Waals surface area (Å²) in [5.74, 6) is 0.568. The molecule has 1 aliphatic rings. The Morgan fingerprint density at radius 1 is 1.37 bits per heavy atom. The summed E-state index contributed by atoms with van der Waals surface area (Å²) in [5.41, 5.74) is 1.02. The van der Waals surface area contributed by atoms with E-state index in [1.54, 1.807) is 10.7 Å². The third-order valence-corrected chi connectivity index (χ3v) is 5.05. The monoisotopic (exact) mass is 281 g/mol. The third kappa shape index (κ3) is 2.90. The third-order valence-electron chi connectivity index (χ3n) is 3.10. The minimum absolute atomic E-state index is 0.152. The molecular weight excluding hydrogens is 266 g/mol. The van der Waals surface area contributed by atoms with Crippen molar-refractivity contribution in [3.63, 3.8) is 0 Å². The Hall–Kier alpha value is -1.54. The van der Waals surface area contributed by atoms with Gasteiger partial charge >= 0.3 is 0 Å². The van der Waals surface area contributed by atoms with E-state index in [1.165, 1.54) is 6.33 Å². The minimum atomic E-state index is -3.06. The second-order valence-corrected chi connectivity index (χ2v) is 6.75. The molecule has 0 unspecified atom stereocenters. The van der Waals surface area contributed by atoms with Crippen molar-refractivity contribution in [2.75, 3.05) is 6.54 Å². The molecule has 0 aliphatic heterocycles. The molecule has 2 heterocycles. The van der Waals surface area contributed by atoms with Crippen molar-refractivity contribution in [1.29, 1.82) is 0 Å². The van der Waals surface area contributed by atoms with Gasteiger partial charge in [0, 0.05) is 18.9 Å². The van der Waals surface area contributed by atoms with Crippen LogP contribution >= 0.6 is 0 Å². The summed E-state index contributed by atoms with van der Waals surface area (Å²) in [6.45, 7) is 0.466. The van der Waals surface area contributed by atoms with Gasteiger partial charge in [-0.1, -0.05) is 0 Å². The predicted octanol–water partition coefficient (Wildman–Crippen LogP) is 0.139. The number of aromatic nitrogens is 4. The Balaban J connectivity index is 1.51. The van der Waals surface area contributed by atoms with Gasteiger partial charge in [-0.25, -0.2) is 22.6 Å². The first-order valence-electron chi connectivity index (χ1n) is 6.28. The van der Waals surface area contributed by atoms with Gasteiger partial charge in [-0.2, -0.15) is 10.1 Å². The van der Waals surface area contributed by atoms with Crippen LogP contribution in [-0.2, 0) is 16.4 Å². The fourth-order valence-corrected chi connectivity index (χ4v) is 3.31. The summed E-state index contributed by atoms with van der Waals surface area (Å²) in [6.07, 6.45) is 8.16. The highest BCUT2D eigenvalue weighted by molar-refractivity contribution is 7.90. The standard InChI is InChI=1S/C11H15N5O2S/c17-19(18,10-3-4-10)15-5-1-2-9-6-12-11-13-8-14-16(11)7-9/h6-8,10,15H,1-5H2. The van der Waals surface area contributed by atoms with Gasteiger partial charge in [0.05, 0.1) is 5.25 Å². The molecule has 3 rings (SSSR count). The molecule has 1 saturated carbocycles. The SMILES string of the molecule is O=S(=O)(NCCCc1cnc2ncnn2c1)C1CC1. The number of sulfonamides is 1. The quantitative estimate of drug-likeness (QED) is 0.761. The smallest absolute Gasteiger partial charge is 0.219 e. The molecule has 8 heteroatoms. The zero-order valence-corrected chi connectivity index (χ0v) is 11.2. The lowest BCUT2D eigenvalue weighted by Crippen LogP contribution is -2.28. The molecule has 2 aromatic rings. The zero-order chi connectivity index (χ0) is 13.3. The molecule has 2 aromatic heterocycles. The number of nitrogens with one attached hydrogen (secondary N) is 1. The van der Waals surface area contributed by atoms with Gasteiger partial charge in [-0.15, -0.1) is 0 Å². The summed E-state index contributed by atoms with van der Waals surface area (Å²) in [5, 5.41) is 3.86. The van der Waals surface area contributed by atoms with Gasteiger partial charge in [0.2, 0.25) is 10.0 Å². The molecule has 0 spiro atoms. The summed E-state index contributed by atoms with van der Waals surface area (Å²) in [6, 6.07) is 0. The molecule has 0 atom stereocenters. The van der Waals surface area contributed by atoms with Crippen LogP contribution in [0.2, 0.25) is 0 Å². The lowest BCUT2D eigenvalue weighted by atomic mass is 10.2. The van der Waals surface area contributed by atoms with Gasteiger partial charge < -0.3 is 0 Å². The summed E-state index contributed by atoms with van der Waals surface area (Å²) in [4.78, 5) is 8.12. The van der Waals surface area contributed by atoms with Gasteiger partial charge in [-0.05, 0) is 31.2 Å². The summed E-state index contributed by atoms with van der Waals surface area (Å²) < 4.78 is 27.5. The maximum Gasteiger partial charge on any atom is 0.252 e. The van der Waals surface area contributed by atoms with Crippen LogP contribution in [0.3, 0.4) is 0 Å². The fraction of sp³-hybridized carbons (Fsp3) is 0.545. The average molecular weight is 281 g/mol. The Morgan fingerprint density at radius 3 is 3.00 bits per heavy atom. The van der Waals surface area contributed by atoms with Crippen LogP contribution in [0.4, 0.5) is 0 Å².